The van der Waals surface area contributed by atoms with Crippen molar-refractivity contribution in [3.05, 3.63) is 0 Å². The van der Waals surface area contributed by atoms with Crippen LogP contribution in [0.15, 0.2) is 0 Å². The average molecular weight is 197 g/mol. The molecule has 80 valence electrons. The van der Waals surface area contributed by atoms with E-state index < -0.39 is 0 Å². The predicted octanol–water partition coefficient (Wildman–Crippen LogP) is 1.66. The number of carbonyl (C=O) groups excluding carboxylic acids is 2. The van der Waals surface area contributed by atoms with Crippen LogP contribution in [-0.2, 0) is 9.59 Å². The molecule has 1 aliphatic carbocycles. The van der Waals surface area contributed by atoms with Gasteiger partial charge in [0.25, 0.3) is 0 Å². The van der Waals surface area contributed by atoms with Crippen LogP contribution in [0.25, 0.3) is 0 Å². The molecule has 0 aliphatic heterocycles. The first-order valence-corrected chi connectivity index (χ1v) is 5.50. The third-order valence-corrected chi connectivity index (χ3v) is 2.71. The van der Waals surface area contributed by atoms with E-state index in [1.165, 1.54) is 0 Å². The molecule has 0 aromatic carbocycles. The molecule has 0 heterocycles. The lowest BCUT2D eigenvalue weighted by molar-refractivity contribution is -0.125. The molecular formula is C11H19NO2. The van der Waals surface area contributed by atoms with Crippen molar-refractivity contribution in [2.45, 2.75) is 45.4 Å². The smallest absolute Gasteiger partial charge is 0.220 e. The summed E-state index contributed by atoms with van der Waals surface area (Å²) in [5.74, 6) is 0.936. The molecule has 0 aromatic rings. The molecule has 1 saturated carbocycles. The second kappa shape index (κ2) is 5.78. The Balaban J connectivity index is 2.17. The van der Waals surface area contributed by atoms with Gasteiger partial charge in [-0.3, -0.25) is 9.59 Å². The van der Waals surface area contributed by atoms with Crippen molar-refractivity contribution < 1.29 is 9.59 Å². The van der Waals surface area contributed by atoms with E-state index in [4.69, 9.17) is 0 Å². The summed E-state index contributed by atoms with van der Waals surface area (Å²) in [5.41, 5.74) is 0. The van der Waals surface area contributed by atoms with E-state index in [1.807, 2.05) is 6.92 Å². The number of hydrogen-bond donors (Lipinski definition) is 1. The molecule has 0 unspecified atom stereocenters. The molecule has 0 saturated heterocycles. The zero-order valence-corrected chi connectivity index (χ0v) is 8.84. The van der Waals surface area contributed by atoms with Crippen molar-refractivity contribution in [2.24, 2.45) is 5.92 Å². The molecule has 14 heavy (non-hydrogen) atoms. The van der Waals surface area contributed by atoms with E-state index in [1.54, 1.807) is 0 Å². The largest absolute Gasteiger partial charge is 0.356 e. The lowest BCUT2D eigenvalue weighted by Crippen LogP contribution is -2.27. The lowest BCUT2D eigenvalue weighted by Gasteiger charge is -2.20. The topological polar surface area (TPSA) is 46.2 Å². The number of Topliss-reactive ketones (excluding diaryl/α,β-unsaturated/α-hetero) is 1. The van der Waals surface area contributed by atoms with Crippen LogP contribution < -0.4 is 5.32 Å². The quantitative estimate of drug-likeness (QED) is 0.745. The lowest BCUT2D eigenvalue weighted by atomic mass is 9.86. The van der Waals surface area contributed by atoms with E-state index in [2.05, 4.69) is 5.32 Å². The fourth-order valence-electron chi connectivity index (χ4n) is 1.80. The normalized spacial score (nSPS) is 18.2. The summed E-state index contributed by atoms with van der Waals surface area (Å²) in [6.07, 6.45) is 4.73. The van der Waals surface area contributed by atoms with Gasteiger partial charge in [-0.1, -0.05) is 6.92 Å². The minimum absolute atomic E-state index is 0.145. The zero-order chi connectivity index (χ0) is 10.4. The third-order valence-electron chi connectivity index (χ3n) is 2.71. The van der Waals surface area contributed by atoms with Crippen molar-refractivity contribution in [3.8, 4) is 0 Å². The van der Waals surface area contributed by atoms with E-state index in [0.717, 1.165) is 25.8 Å². The van der Waals surface area contributed by atoms with Gasteiger partial charge in [-0.25, -0.2) is 0 Å². The molecule has 0 bridgehead atoms. The van der Waals surface area contributed by atoms with Crippen LogP contribution in [0.1, 0.15) is 45.4 Å². The first kappa shape index (κ1) is 11.2. The van der Waals surface area contributed by atoms with Gasteiger partial charge in [0.05, 0.1) is 0 Å². The van der Waals surface area contributed by atoms with Crippen molar-refractivity contribution in [3.63, 3.8) is 0 Å². The molecule has 3 nitrogen and oxygen atoms in total. The van der Waals surface area contributed by atoms with Crippen LogP contribution in [0.5, 0.6) is 0 Å². The highest BCUT2D eigenvalue weighted by Gasteiger charge is 2.20. The van der Waals surface area contributed by atoms with Gasteiger partial charge in [0.2, 0.25) is 5.91 Å². The summed E-state index contributed by atoms with van der Waals surface area (Å²) in [6.45, 7) is 2.81. The summed E-state index contributed by atoms with van der Waals surface area (Å²) in [7, 11) is 0. The molecule has 1 aliphatic rings. The summed E-state index contributed by atoms with van der Waals surface area (Å²) in [6, 6.07) is 0. The Labute approximate surface area is 85.3 Å². The molecule has 1 rings (SSSR count). The van der Waals surface area contributed by atoms with Gasteiger partial charge >= 0.3 is 0 Å². The second-order valence-electron chi connectivity index (χ2n) is 4.04. The molecule has 1 fully saturated rings. The molecule has 3 heteroatoms. The molecule has 0 atom stereocenters. The highest BCUT2D eigenvalue weighted by Crippen LogP contribution is 2.23. The Morgan fingerprint density at radius 1 is 1.43 bits per heavy atom. The summed E-state index contributed by atoms with van der Waals surface area (Å²) < 4.78 is 0. The summed E-state index contributed by atoms with van der Waals surface area (Å²) in [5, 5.41) is 2.87. The average Bonchev–Trinajstić information content (AvgIpc) is 2.18. The Hall–Kier alpha value is -0.860. The van der Waals surface area contributed by atoms with Gasteiger partial charge in [-0.2, -0.15) is 0 Å². The van der Waals surface area contributed by atoms with Gasteiger partial charge in [-0.05, 0) is 25.2 Å². The van der Waals surface area contributed by atoms with E-state index >= 15 is 0 Å². The number of ketones is 1. The van der Waals surface area contributed by atoms with Crippen LogP contribution >= 0.6 is 0 Å². The molecule has 1 N–H and O–H groups in total. The minimum Gasteiger partial charge on any atom is -0.356 e. The van der Waals surface area contributed by atoms with Crippen molar-refractivity contribution in [1.82, 2.24) is 5.32 Å². The van der Waals surface area contributed by atoms with Crippen LogP contribution in [0.3, 0.4) is 0 Å². The summed E-state index contributed by atoms with van der Waals surface area (Å²) >= 11 is 0. The van der Waals surface area contributed by atoms with Gasteiger partial charge in [0, 0.05) is 25.8 Å². The number of nitrogens with one attached hydrogen (secondary N) is 1. The monoisotopic (exact) mass is 197 g/mol. The van der Waals surface area contributed by atoms with E-state index in [9.17, 15) is 9.59 Å². The van der Waals surface area contributed by atoms with E-state index in [0.29, 0.717) is 31.0 Å². The van der Waals surface area contributed by atoms with Crippen molar-refractivity contribution in [2.75, 3.05) is 6.54 Å². The van der Waals surface area contributed by atoms with Gasteiger partial charge in [-0.15, -0.1) is 0 Å². The van der Waals surface area contributed by atoms with Gasteiger partial charge in [0.1, 0.15) is 5.78 Å². The fourth-order valence-corrected chi connectivity index (χ4v) is 1.80. The van der Waals surface area contributed by atoms with Gasteiger partial charge in [0.15, 0.2) is 0 Å². The Morgan fingerprint density at radius 2 is 2.07 bits per heavy atom. The van der Waals surface area contributed by atoms with Crippen molar-refractivity contribution in [1.29, 1.82) is 0 Å². The second-order valence-corrected chi connectivity index (χ2v) is 4.04. The first-order valence-electron chi connectivity index (χ1n) is 5.50. The molecule has 0 radical (unpaired) electrons. The molecule has 0 aromatic heterocycles. The third kappa shape index (κ3) is 3.90. The fraction of sp³-hybridized carbons (Fsp3) is 0.818. The maximum atomic E-state index is 11.4. The van der Waals surface area contributed by atoms with Crippen LogP contribution in [0.4, 0.5) is 0 Å². The minimum atomic E-state index is 0.145. The highest BCUT2D eigenvalue weighted by molar-refractivity contribution is 5.80. The Morgan fingerprint density at radius 3 is 2.64 bits per heavy atom. The highest BCUT2D eigenvalue weighted by atomic mass is 16.1. The van der Waals surface area contributed by atoms with Gasteiger partial charge < -0.3 is 5.32 Å². The standard InChI is InChI=1S/C11H19NO2/c1-2-7-12-11(14)8-9-3-5-10(13)6-4-9/h9H,2-8H2,1H3,(H,12,14). The van der Waals surface area contributed by atoms with Crippen LogP contribution in [0, 0.1) is 5.92 Å². The molecule has 1 amide bonds. The number of carbonyl (C=O) groups is 2. The van der Waals surface area contributed by atoms with Crippen LogP contribution in [0.2, 0.25) is 0 Å². The maximum Gasteiger partial charge on any atom is 0.220 e. The number of hydrogen-bond acceptors (Lipinski definition) is 2. The van der Waals surface area contributed by atoms with Crippen LogP contribution in [-0.4, -0.2) is 18.2 Å². The predicted molar refractivity (Wildman–Crippen MR) is 54.9 cm³/mol. The zero-order valence-electron chi connectivity index (χ0n) is 8.84. The van der Waals surface area contributed by atoms with E-state index in [-0.39, 0.29) is 5.91 Å². The SMILES string of the molecule is CCCNC(=O)CC1CCC(=O)CC1. The van der Waals surface area contributed by atoms with Crippen molar-refractivity contribution >= 4 is 11.7 Å². The molecule has 0 spiro atoms. The number of amides is 1. The Bertz CT molecular complexity index is 203. The Kier molecular flexibility index (Phi) is 4.63. The first-order chi connectivity index (χ1) is 6.72. The number of rotatable bonds is 4. The summed E-state index contributed by atoms with van der Waals surface area (Å²) in [4.78, 5) is 22.3. The molecular weight excluding hydrogens is 178 g/mol. The maximum absolute atomic E-state index is 11.4.